The van der Waals surface area contributed by atoms with Crippen molar-refractivity contribution >= 4 is 11.6 Å². The summed E-state index contributed by atoms with van der Waals surface area (Å²) in [6.45, 7) is -2.34. The maximum atomic E-state index is 11.6. The van der Waals surface area contributed by atoms with E-state index in [1.807, 2.05) is 0 Å². The van der Waals surface area contributed by atoms with Gasteiger partial charge in [0.25, 0.3) is 11.6 Å². The number of carbonyl (C=O) groups is 1. The third-order valence-electron chi connectivity index (χ3n) is 2.73. The number of hydrogen-bond donors (Lipinski definition) is 4. The van der Waals surface area contributed by atoms with E-state index >= 15 is 0 Å². The van der Waals surface area contributed by atoms with Crippen molar-refractivity contribution < 1.29 is 29.8 Å². The fourth-order valence-corrected chi connectivity index (χ4v) is 1.41. The molecule has 1 aromatic rings. The van der Waals surface area contributed by atoms with E-state index in [0.717, 1.165) is 0 Å². The lowest BCUT2D eigenvalue weighted by Gasteiger charge is -2.28. The second-order valence-corrected chi connectivity index (χ2v) is 4.34. The van der Waals surface area contributed by atoms with Crippen LogP contribution in [-0.2, 0) is 4.79 Å². The highest BCUT2D eigenvalue weighted by Gasteiger charge is 2.29. The quantitative estimate of drug-likeness (QED) is 0.349. The molecule has 9 nitrogen and oxygen atoms in total. The van der Waals surface area contributed by atoms with Crippen molar-refractivity contribution in [1.82, 2.24) is 5.32 Å². The number of nitrogens with zero attached hydrogens (tertiary/aromatic N) is 1. The molecule has 0 spiro atoms. The van der Waals surface area contributed by atoms with Gasteiger partial charge < -0.3 is 25.4 Å². The minimum Gasteiger partial charge on any atom is -0.484 e. The number of carbonyl (C=O) groups excluding carboxylic acids is 1. The predicted molar refractivity (Wildman–Crippen MR) is 70.7 cm³/mol. The van der Waals surface area contributed by atoms with Gasteiger partial charge in [0.2, 0.25) is 0 Å². The summed E-state index contributed by atoms with van der Waals surface area (Å²) < 4.78 is 5.10. The Kier molecular flexibility index (Phi) is 6.03. The SMILES string of the molecule is O=C(COc1ccc([N+](=O)[O-])cc1)NC(CO)(CO)CO. The van der Waals surface area contributed by atoms with Gasteiger partial charge in [-0.2, -0.15) is 0 Å². The minimum absolute atomic E-state index is 0.105. The first-order valence-electron chi connectivity index (χ1n) is 5.97. The highest BCUT2D eigenvalue weighted by Crippen LogP contribution is 2.17. The van der Waals surface area contributed by atoms with E-state index in [0.29, 0.717) is 0 Å². The Labute approximate surface area is 119 Å². The van der Waals surface area contributed by atoms with Crippen LogP contribution in [0, 0.1) is 10.1 Å². The average Bonchev–Trinajstić information content (AvgIpc) is 2.51. The maximum Gasteiger partial charge on any atom is 0.269 e. The van der Waals surface area contributed by atoms with E-state index in [4.69, 9.17) is 20.1 Å². The van der Waals surface area contributed by atoms with Gasteiger partial charge in [-0.05, 0) is 12.1 Å². The lowest BCUT2D eigenvalue weighted by molar-refractivity contribution is -0.384. The summed E-state index contributed by atoms with van der Waals surface area (Å²) in [4.78, 5) is 21.5. The van der Waals surface area contributed by atoms with Gasteiger partial charge in [0.15, 0.2) is 6.61 Å². The molecule has 0 fully saturated rings. The zero-order valence-corrected chi connectivity index (χ0v) is 11.1. The number of nitro groups is 1. The van der Waals surface area contributed by atoms with Crippen LogP contribution >= 0.6 is 0 Å². The topological polar surface area (TPSA) is 142 Å². The van der Waals surface area contributed by atoms with Gasteiger partial charge >= 0.3 is 0 Å². The molecule has 0 unspecified atom stereocenters. The molecule has 0 bridgehead atoms. The number of amides is 1. The maximum absolute atomic E-state index is 11.6. The second kappa shape index (κ2) is 7.53. The van der Waals surface area contributed by atoms with Crippen LogP contribution in [0.25, 0.3) is 0 Å². The Balaban J connectivity index is 2.54. The van der Waals surface area contributed by atoms with Crippen molar-refractivity contribution in [1.29, 1.82) is 0 Å². The van der Waals surface area contributed by atoms with Gasteiger partial charge in [0.05, 0.1) is 24.7 Å². The number of nitro benzene ring substituents is 1. The van der Waals surface area contributed by atoms with Crippen LogP contribution in [0.2, 0.25) is 0 Å². The van der Waals surface area contributed by atoms with Crippen molar-refractivity contribution in [3.05, 3.63) is 34.4 Å². The number of aliphatic hydroxyl groups excluding tert-OH is 3. The summed E-state index contributed by atoms with van der Waals surface area (Å²) in [6, 6.07) is 5.13. The smallest absolute Gasteiger partial charge is 0.269 e. The number of ether oxygens (including phenoxy) is 1. The Hall–Kier alpha value is -2.23. The zero-order valence-electron chi connectivity index (χ0n) is 11.1. The van der Waals surface area contributed by atoms with Gasteiger partial charge in [-0.3, -0.25) is 14.9 Å². The van der Waals surface area contributed by atoms with E-state index in [9.17, 15) is 14.9 Å². The monoisotopic (exact) mass is 300 g/mol. The molecule has 0 aliphatic heterocycles. The molecule has 1 aromatic carbocycles. The van der Waals surface area contributed by atoms with Crippen LogP contribution in [-0.4, -0.2) is 58.1 Å². The molecule has 0 aliphatic carbocycles. The van der Waals surface area contributed by atoms with Crippen LogP contribution in [0.5, 0.6) is 5.75 Å². The highest BCUT2D eigenvalue weighted by molar-refractivity contribution is 5.78. The van der Waals surface area contributed by atoms with Crippen LogP contribution < -0.4 is 10.1 Å². The van der Waals surface area contributed by atoms with Crippen molar-refractivity contribution in [2.24, 2.45) is 0 Å². The molecular formula is C12H16N2O7. The summed E-state index contributed by atoms with van der Waals surface area (Å²) in [7, 11) is 0. The number of non-ortho nitro benzene ring substituents is 1. The van der Waals surface area contributed by atoms with Gasteiger partial charge in [-0.15, -0.1) is 0 Å². The molecule has 0 saturated carbocycles. The van der Waals surface area contributed by atoms with Crippen molar-refractivity contribution in [2.75, 3.05) is 26.4 Å². The van der Waals surface area contributed by atoms with Crippen molar-refractivity contribution in [3.63, 3.8) is 0 Å². The molecule has 0 saturated heterocycles. The largest absolute Gasteiger partial charge is 0.484 e. The standard InChI is InChI=1S/C12H16N2O7/c15-6-12(7-16,8-17)13-11(18)5-21-10-3-1-9(2-4-10)14(19)20/h1-4,15-17H,5-8H2,(H,13,18). The Morgan fingerprint density at radius 1 is 1.19 bits per heavy atom. The molecule has 9 heteroatoms. The van der Waals surface area contributed by atoms with Crippen molar-refractivity contribution in [3.8, 4) is 5.75 Å². The van der Waals surface area contributed by atoms with Gasteiger partial charge in [-0.25, -0.2) is 0 Å². The van der Waals surface area contributed by atoms with Crippen molar-refractivity contribution in [2.45, 2.75) is 5.54 Å². The predicted octanol–water partition coefficient (Wildman–Crippen LogP) is -1.19. The summed E-state index contributed by atoms with van der Waals surface area (Å²) in [5.41, 5.74) is -1.62. The van der Waals surface area contributed by atoms with E-state index in [-0.39, 0.29) is 11.4 Å². The van der Waals surface area contributed by atoms with Crippen LogP contribution in [0.15, 0.2) is 24.3 Å². The first-order valence-corrected chi connectivity index (χ1v) is 5.97. The number of benzene rings is 1. The molecule has 1 amide bonds. The molecule has 0 aromatic heterocycles. The molecule has 0 aliphatic rings. The fourth-order valence-electron chi connectivity index (χ4n) is 1.41. The Morgan fingerprint density at radius 2 is 1.71 bits per heavy atom. The van der Waals surface area contributed by atoms with Crippen LogP contribution in [0.3, 0.4) is 0 Å². The molecule has 21 heavy (non-hydrogen) atoms. The molecule has 0 heterocycles. The third kappa shape index (κ3) is 4.67. The summed E-state index contributed by atoms with van der Waals surface area (Å²) in [5, 5.41) is 39.9. The van der Waals surface area contributed by atoms with E-state index in [1.54, 1.807) is 0 Å². The molecule has 0 radical (unpaired) electrons. The first-order chi connectivity index (χ1) is 9.96. The summed E-state index contributed by atoms with van der Waals surface area (Å²) in [5.74, 6) is -0.413. The zero-order chi connectivity index (χ0) is 15.9. The van der Waals surface area contributed by atoms with E-state index in [1.165, 1.54) is 24.3 Å². The summed E-state index contributed by atoms with van der Waals surface area (Å²) in [6.07, 6.45) is 0. The lowest BCUT2D eigenvalue weighted by Crippen LogP contribution is -2.58. The van der Waals surface area contributed by atoms with E-state index in [2.05, 4.69) is 5.32 Å². The van der Waals surface area contributed by atoms with Gasteiger partial charge in [0.1, 0.15) is 11.3 Å². The summed E-state index contributed by atoms with van der Waals surface area (Å²) >= 11 is 0. The number of aliphatic hydroxyl groups is 3. The molecule has 1 rings (SSSR count). The normalized spacial score (nSPS) is 11.0. The Bertz CT molecular complexity index is 477. The third-order valence-corrected chi connectivity index (χ3v) is 2.73. The lowest BCUT2D eigenvalue weighted by atomic mass is 10.0. The highest BCUT2D eigenvalue weighted by atomic mass is 16.6. The average molecular weight is 300 g/mol. The van der Waals surface area contributed by atoms with Crippen LogP contribution in [0.1, 0.15) is 0 Å². The molecular weight excluding hydrogens is 284 g/mol. The first kappa shape index (κ1) is 16.8. The Morgan fingerprint density at radius 3 is 2.14 bits per heavy atom. The fraction of sp³-hybridized carbons (Fsp3) is 0.417. The molecule has 4 N–H and O–H groups in total. The van der Waals surface area contributed by atoms with E-state index < -0.39 is 42.8 Å². The molecule has 0 atom stereocenters. The van der Waals surface area contributed by atoms with Gasteiger partial charge in [-0.1, -0.05) is 0 Å². The molecule has 116 valence electrons. The number of hydrogen-bond acceptors (Lipinski definition) is 7. The minimum atomic E-state index is -1.52. The number of nitrogens with one attached hydrogen (secondary N) is 1. The van der Waals surface area contributed by atoms with Gasteiger partial charge in [0, 0.05) is 12.1 Å². The second-order valence-electron chi connectivity index (χ2n) is 4.34. The number of rotatable bonds is 8. The van der Waals surface area contributed by atoms with Crippen LogP contribution in [0.4, 0.5) is 5.69 Å².